The molecular weight excluding hydrogens is 332 g/mol. The van der Waals surface area contributed by atoms with E-state index in [9.17, 15) is 4.79 Å². The number of fused-ring (bicyclic) bond motifs is 1. The smallest absolute Gasteiger partial charge is 0.272 e. The average molecular weight is 352 g/mol. The molecule has 0 radical (unpaired) electrons. The van der Waals surface area contributed by atoms with Crippen molar-refractivity contribution in [3.63, 3.8) is 0 Å². The first kappa shape index (κ1) is 15.3. The van der Waals surface area contributed by atoms with E-state index in [2.05, 4.69) is 20.2 Å². The topological polar surface area (TPSA) is 84.5 Å². The molecule has 1 saturated heterocycles. The van der Waals surface area contributed by atoms with E-state index >= 15 is 0 Å². The second kappa shape index (κ2) is 5.52. The quantitative estimate of drug-likeness (QED) is 0.687. The summed E-state index contributed by atoms with van der Waals surface area (Å²) in [6, 6.07) is 5.84. The van der Waals surface area contributed by atoms with Crippen LogP contribution < -0.4 is 4.90 Å². The van der Waals surface area contributed by atoms with Crippen molar-refractivity contribution in [2.24, 2.45) is 7.05 Å². The van der Waals surface area contributed by atoms with Crippen molar-refractivity contribution in [1.29, 1.82) is 0 Å². The number of amides is 1. The van der Waals surface area contributed by atoms with Crippen molar-refractivity contribution in [3.8, 4) is 0 Å². The fraction of sp³-hybridized carbons (Fsp3) is 0.471. The van der Waals surface area contributed by atoms with E-state index in [1.54, 1.807) is 28.9 Å². The predicted octanol–water partition coefficient (Wildman–Crippen LogP) is 0.696. The maximum atomic E-state index is 12.6. The summed E-state index contributed by atoms with van der Waals surface area (Å²) in [5.74, 6) is 2.35. The van der Waals surface area contributed by atoms with Gasteiger partial charge < -0.3 is 9.80 Å². The summed E-state index contributed by atoms with van der Waals surface area (Å²) in [6.07, 6.45) is 3.97. The number of hydrogen-bond acceptors (Lipinski definition) is 6. The van der Waals surface area contributed by atoms with Crippen molar-refractivity contribution in [2.75, 3.05) is 25.0 Å². The molecule has 134 valence electrons. The van der Waals surface area contributed by atoms with Gasteiger partial charge in [-0.1, -0.05) is 0 Å². The zero-order chi connectivity index (χ0) is 17.8. The van der Waals surface area contributed by atoms with Crippen molar-refractivity contribution in [1.82, 2.24) is 34.5 Å². The Bertz CT molecular complexity index is 982. The molecule has 9 heteroatoms. The Morgan fingerprint density at radius 2 is 2.00 bits per heavy atom. The van der Waals surface area contributed by atoms with Gasteiger partial charge in [-0.15, -0.1) is 15.3 Å². The molecule has 0 atom stereocenters. The SMILES string of the molecule is CN(C(=O)c1ccnn1C)C1CN(c2ccc3nnc(C4CC4)n3n2)C1. The molecule has 0 unspecified atom stereocenters. The lowest BCUT2D eigenvalue weighted by Gasteiger charge is -2.44. The molecular formula is C17H20N8O. The Balaban J connectivity index is 1.30. The lowest BCUT2D eigenvalue weighted by molar-refractivity contribution is 0.0694. The van der Waals surface area contributed by atoms with Crippen molar-refractivity contribution >= 4 is 17.4 Å². The number of aromatic nitrogens is 6. The minimum absolute atomic E-state index is 0.00658. The van der Waals surface area contributed by atoms with Gasteiger partial charge in [-0.25, -0.2) is 0 Å². The summed E-state index contributed by atoms with van der Waals surface area (Å²) in [7, 11) is 3.63. The van der Waals surface area contributed by atoms with Gasteiger partial charge in [-0.2, -0.15) is 9.61 Å². The highest BCUT2D eigenvalue weighted by Crippen LogP contribution is 2.38. The molecule has 9 nitrogen and oxygen atoms in total. The minimum Gasteiger partial charge on any atom is -0.351 e. The van der Waals surface area contributed by atoms with Crippen LogP contribution in [0.3, 0.4) is 0 Å². The highest BCUT2D eigenvalue weighted by Gasteiger charge is 2.35. The summed E-state index contributed by atoms with van der Waals surface area (Å²) >= 11 is 0. The van der Waals surface area contributed by atoms with E-state index in [1.165, 1.54) is 12.8 Å². The van der Waals surface area contributed by atoms with E-state index in [0.717, 1.165) is 30.4 Å². The van der Waals surface area contributed by atoms with Gasteiger partial charge in [-0.3, -0.25) is 9.48 Å². The fourth-order valence-electron chi connectivity index (χ4n) is 3.38. The lowest BCUT2D eigenvalue weighted by Crippen LogP contribution is -2.60. The average Bonchev–Trinajstić information content (AvgIpc) is 3.21. The maximum Gasteiger partial charge on any atom is 0.272 e. The number of hydrogen-bond donors (Lipinski definition) is 0. The number of nitrogens with zero attached hydrogens (tertiary/aromatic N) is 8. The molecule has 1 aliphatic heterocycles. The molecule has 0 aromatic carbocycles. The molecule has 0 N–H and O–H groups in total. The van der Waals surface area contributed by atoms with Crippen LogP contribution in [-0.2, 0) is 7.05 Å². The number of anilines is 1. The van der Waals surface area contributed by atoms with Crippen LogP contribution in [0.15, 0.2) is 24.4 Å². The van der Waals surface area contributed by atoms with Gasteiger partial charge in [0.25, 0.3) is 5.91 Å². The van der Waals surface area contributed by atoms with Gasteiger partial charge >= 0.3 is 0 Å². The molecule has 2 aliphatic rings. The number of aryl methyl sites for hydroxylation is 1. The van der Waals surface area contributed by atoms with E-state index < -0.39 is 0 Å². The third-order valence-corrected chi connectivity index (χ3v) is 5.31. The van der Waals surface area contributed by atoms with E-state index in [-0.39, 0.29) is 11.9 Å². The summed E-state index contributed by atoms with van der Waals surface area (Å²) in [5.41, 5.74) is 1.39. The van der Waals surface area contributed by atoms with Gasteiger partial charge in [0, 0.05) is 39.3 Å². The molecule has 4 heterocycles. The standard InChI is InChI=1S/C17H20N8O/c1-22(17(26)13-7-8-18-23(13)2)12-9-24(10-12)15-6-5-14-19-20-16(11-3-4-11)25(14)21-15/h5-8,11-12H,3-4,9-10H2,1-2H3. The first-order chi connectivity index (χ1) is 12.6. The monoisotopic (exact) mass is 352 g/mol. The third kappa shape index (κ3) is 2.34. The Labute approximate surface area is 150 Å². The largest absolute Gasteiger partial charge is 0.351 e. The van der Waals surface area contributed by atoms with Crippen LogP contribution in [0, 0.1) is 0 Å². The second-order valence-corrected chi connectivity index (χ2v) is 7.11. The summed E-state index contributed by atoms with van der Waals surface area (Å²) in [4.78, 5) is 16.5. The fourth-order valence-corrected chi connectivity index (χ4v) is 3.38. The normalized spacial score (nSPS) is 17.5. The summed E-state index contributed by atoms with van der Waals surface area (Å²) < 4.78 is 3.47. The maximum absolute atomic E-state index is 12.6. The van der Waals surface area contributed by atoms with Gasteiger partial charge in [-0.05, 0) is 31.0 Å². The minimum atomic E-state index is -0.00658. The molecule has 0 spiro atoms. The molecule has 1 saturated carbocycles. The number of carbonyl (C=O) groups is 1. The lowest BCUT2D eigenvalue weighted by atomic mass is 10.1. The van der Waals surface area contributed by atoms with Crippen LogP contribution in [0.4, 0.5) is 5.82 Å². The Morgan fingerprint density at radius 3 is 2.69 bits per heavy atom. The molecule has 3 aromatic heterocycles. The van der Waals surface area contributed by atoms with E-state index in [0.29, 0.717) is 11.6 Å². The van der Waals surface area contributed by atoms with Crippen molar-refractivity contribution in [3.05, 3.63) is 35.9 Å². The van der Waals surface area contributed by atoms with Gasteiger partial charge in [0.1, 0.15) is 11.5 Å². The Kier molecular flexibility index (Phi) is 3.25. The highest BCUT2D eigenvalue weighted by atomic mass is 16.2. The van der Waals surface area contributed by atoms with Crippen molar-refractivity contribution < 1.29 is 4.79 Å². The van der Waals surface area contributed by atoms with E-state index in [1.807, 2.05) is 23.7 Å². The third-order valence-electron chi connectivity index (χ3n) is 5.31. The first-order valence-electron chi connectivity index (χ1n) is 8.84. The van der Waals surface area contributed by atoms with Gasteiger partial charge in [0.05, 0.1) is 6.04 Å². The number of carbonyl (C=O) groups excluding carboxylic acids is 1. The Hall–Kier alpha value is -2.97. The molecule has 1 amide bonds. The molecule has 5 rings (SSSR count). The molecule has 2 fully saturated rings. The molecule has 1 aliphatic carbocycles. The van der Waals surface area contributed by atoms with Crippen LogP contribution in [0.5, 0.6) is 0 Å². The zero-order valence-corrected chi connectivity index (χ0v) is 14.8. The number of rotatable bonds is 4. The Morgan fingerprint density at radius 1 is 1.19 bits per heavy atom. The van der Waals surface area contributed by atoms with Gasteiger partial charge in [0.15, 0.2) is 11.5 Å². The second-order valence-electron chi connectivity index (χ2n) is 7.11. The predicted molar refractivity (Wildman–Crippen MR) is 94.1 cm³/mol. The van der Waals surface area contributed by atoms with Crippen LogP contribution in [0.2, 0.25) is 0 Å². The van der Waals surface area contributed by atoms with Crippen LogP contribution in [0.1, 0.15) is 35.1 Å². The molecule has 3 aromatic rings. The van der Waals surface area contributed by atoms with Crippen LogP contribution >= 0.6 is 0 Å². The number of likely N-dealkylation sites (N-methyl/N-ethyl adjacent to an activating group) is 1. The van der Waals surface area contributed by atoms with Gasteiger partial charge in [0.2, 0.25) is 0 Å². The molecule has 26 heavy (non-hydrogen) atoms. The van der Waals surface area contributed by atoms with Crippen LogP contribution in [-0.4, -0.2) is 66.6 Å². The first-order valence-corrected chi connectivity index (χ1v) is 8.84. The molecule has 0 bridgehead atoms. The van der Waals surface area contributed by atoms with Crippen LogP contribution in [0.25, 0.3) is 5.65 Å². The van der Waals surface area contributed by atoms with Crippen molar-refractivity contribution in [2.45, 2.75) is 24.8 Å². The van der Waals surface area contributed by atoms with E-state index in [4.69, 9.17) is 5.10 Å². The zero-order valence-electron chi connectivity index (χ0n) is 14.8. The summed E-state index contributed by atoms with van der Waals surface area (Å²) in [5, 5.41) is 17.3. The highest BCUT2D eigenvalue weighted by molar-refractivity contribution is 5.92. The summed E-state index contributed by atoms with van der Waals surface area (Å²) in [6.45, 7) is 1.53.